The van der Waals surface area contributed by atoms with Gasteiger partial charge in [-0.2, -0.15) is 0 Å². The lowest BCUT2D eigenvalue weighted by Crippen LogP contribution is -2.64. The second-order valence-electron chi connectivity index (χ2n) is 24.4. The summed E-state index contributed by atoms with van der Waals surface area (Å²) in [4.78, 5) is 85.0. The van der Waals surface area contributed by atoms with Gasteiger partial charge in [0, 0.05) is 57.5 Å². The Balaban J connectivity index is 1.15. The Morgan fingerprint density at radius 2 is 1.41 bits per heavy atom. The molecule has 24 atom stereocenters. The SMILES string of the molecule is C=CC[C@@H]1/C=C(\C)C[C@@H](C)C[C@H](OC)[C@H]2O[C@@](O)(C(=O)C(=O)N3CCCCC3C(=O)O[C@H](/C(C)=C/C3CCC(OC(=O)CCC(=O)OC4OC(CO)C(OC5OC(CO)C(O)C(O)C5O)C(O)C4O)[C@H](CO)C3)[C@H](C)[C@H](O)CC1=O)[C@H](C)CC2OC. The van der Waals surface area contributed by atoms with Gasteiger partial charge in [-0.05, 0) is 95.5 Å². The van der Waals surface area contributed by atoms with Gasteiger partial charge < -0.3 is 98.6 Å². The number of ether oxygens (including phenoxy) is 9. The normalized spacial score (nSPS) is 41.8. The van der Waals surface area contributed by atoms with Crippen LogP contribution in [0, 0.1) is 35.5 Å². The fourth-order valence-electron chi connectivity index (χ4n) is 12.9. The quantitative estimate of drug-likeness (QED) is 0.0411. The molecule has 6 aliphatic rings. The molecule has 0 spiro atoms. The number of rotatable bonds is 16. The first-order valence-corrected chi connectivity index (χ1v) is 30.0. The number of esters is 3. The van der Waals surface area contributed by atoms with E-state index in [2.05, 4.69) is 6.58 Å². The summed E-state index contributed by atoms with van der Waals surface area (Å²) in [6.45, 7) is 10.6. The van der Waals surface area contributed by atoms with E-state index in [1.165, 1.54) is 14.2 Å². The van der Waals surface area contributed by atoms with Crippen molar-refractivity contribution < 1.29 is 122 Å². The topological polar surface area (TPSA) is 391 Å². The van der Waals surface area contributed by atoms with Gasteiger partial charge in [0.15, 0.2) is 6.29 Å². The van der Waals surface area contributed by atoms with E-state index < -0.39 is 196 Å². The van der Waals surface area contributed by atoms with Gasteiger partial charge in [-0.3, -0.25) is 24.0 Å². The maximum atomic E-state index is 14.6. The number of Topliss-reactive ketones (excluding diaryl/α,β-unsaturated/α-hetero) is 2. The number of ketones is 2. The number of allylic oxidation sites excluding steroid dienone is 4. The molecular weight excluding hydrogens is 1130 g/mol. The van der Waals surface area contributed by atoms with Gasteiger partial charge in [0.25, 0.3) is 11.7 Å². The average molecular weight is 1230 g/mol. The highest BCUT2D eigenvalue weighted by Crippen LogP contribution is 2.40. The summed E-state index contributed by atoms with van der Waals surface area (Å²) in [6, 6.07) is -1.29. The van der Waals surface area contributed by atoms with Crippen LogP contribution in [0.15, 0.2) is 36.0 Å². The van der Waals surface area contributed by atoms with Crippen LogP contribution in [0.25, 0.3) is 0 Å². The molecule has 1 amide bonds. The molecule has 488 valence electrons. The van der Waals surface area contributed by atoms with E-state index >= 15 is 0 Å². The van der Waals surface area contributed by atoms with Crippen LogP contribution in [-0.2, 0) is 71.4 Å². The Hall–Kier alpha value is -4.20. The van der Waals surface area contributed by atoms with Crippen molar-refractivity contribution in [2.24, 2.45) is 35.5 Å². The lowest BCUT2D eigenvalue weighted by atomic mass is 9.78. The third-order valence-electron chi connectivity index (χ3n) is 18.0. The van der Waals surface area contributed by atoms with Crippen LogP contribution in [0.3, 0.4) is 0 Å². The smallest absolute Gasteiger partial charge is 0.329 e. The van der Waals surface area contributed by atoms with Crippen LogP contribution in [0.2, 0.25) is 0 Å². The first kappa shape index (κ1) is 70.9. The molecule has 0 aromatic heterocycles. The summed E-state index contributed by atoms with van der Waals surface area (Å²) in [5.74, 6) is -11.6. The van der Waals surface area contributed by atoms with Crippen LogP contribution >= 0.6 is 0 Å². The Labute approximate surface area is 501 Å². The molecular formula is C60H93NO25. The molecule has 10 N–H and O–H groups in total. The number of carbonyl (C=O) groups is 6. The third kappa shape index (κ3) is 17.0. The minimum absolute atomic E-state index is 0.0186. The zero-order chi connectivity index (χ0) is 63.5. The number of aliphatic hydroxyl groups is 10. The van der Waals surface area contributed by atoms with E-state index in [9.17, 15) is 79.8 Å². The summed E-state index contributed by atoms with van der Waals surface area (Å²) in [5, 5.41) is 107. The van der Waals surface area contributed by atoms with E-state index in [1.54, 1.807) is 26.8 Å². The van der Waals surface area contributed by atoms with E-state index in [0.29, 0.717) is 37.7 Å². The number of amides is 1. The second kappa shape index (κ2) is 32.0. The molecule has 86 heavy (non-hydrogen) atoms. The molecule has 4 saturated heterocycles. The van der Waals surface area contributed by atoms with Crippen molar-refractivity contribution in [1.29, 1.82) is 0 Å². The number of aliphatic hydroxyl groups excluding tert-OH is 9. The molecule has 5 aliphatic heterocycles. The Bertz CT molecular complexity index is 2370. The van der Waals surface area contributed by atoms with Gasteiger partial charge in [-0.1, -0.05) is 44.6 Å². The van der Waals surface area contributed by atoms with Crippen LogP contribution < -0.4 is 0 Å². The van der Waals surface area contributed by atoms with Gasteiger partial charge >= 0.3 is 17.9 Å². The van der Waals surface area contributed by atoms with Crippen molar-refractivity contribution in [1.82, 2.24) is 4.90 Å². The molecule has 0 aromatic rings. The minimum Gasteiger partial charge on any atom is -0.462 e. The minimum atomic E-state index is -2.61. The molecule has 26 heteroatoms. The summed E-state index contributed by atoms with van der Waals surface area (Å²) in [5.41, 5.74) is 1.35. The van der Waals surface area contributed by atoms with E-state index in [0.717, 1.165) is 10.5 Å². The Morgan fingerprint density at radius 1 is 0.767 bits per heavy atom. The average Bonchev–Trinajstić information content (AvgIpc) is 1.11. The predicted octanol–water partition coefficient (Wildman–Crippen LogP) is -0.269. The van der Waals surface area contributed by atoms with E-state index in [-0.39, 0.29) is 62.7 Å². The zero-order valence-electron chi connectivity index (χ0n) is 50.3. The van der Waals surface area contributed by atoms with Crippen molar-refractivity contribution in [3.05, 3.63) is 36.0 Å². The number of hydrogen-bond acceptors (Lipinski definition) is 25. The highest BCUT2D eigenvalue weighted by Gasteiger charge is 2.57. The van der Waals surface area contributed by atoms with Crippen LogP contribution in [0.4, 0.5) is 0 Å². The summed E-state index contributed by atoms with van der Waals surface area (Å²) in [7, 11) is 2.97. The van der Waals surface area contributed by atoms with Gasteiger partial charge in [-0.15, -0.1) is 6.58 Å². The Kier molecular flexibility index (Phi) is 26.4. The lowest BCUT2D eigenvalue weighted by molar-refractivity contribution is -0.355. The maximum Gasteiger partial charge on any atom is 0.329 e. The van der Waals surface area contributed by atoms with Crippen molar-refractivity contribution in [2.45, 2.75) is 228 Å². The molecule has 2 bridgehead atoms. The number of hydrogen-bond donors (Lipinski definition) is 10. The Morgan fingerprint density at radius 3 is 2.05 bits per heavy atom. The summed E-state index contributed by atoms with van der Waals surface area (Å²) < 4.78 is 51.6. The molecule has 1 saturated carbocycles. The number of piperidine rings is 1. The van der Waals surface area contributed by atoms with Crippen LogP contribution in [-0.4, -0.2) is 242 Å². The van der Waals surface area contributed by atoms with Crippen molar-refractivity contribution >= 4 is 35.4 Å². The second-order valence-corrected chi connectivity index (χ2v) is 24.4. The standard InChI is InChI=1S/C60H93NO25/c1-9-12-35-20-29(2)19-30(3)21-41(78-7)53-42(79-8)23-32(5)60(77,86-53)55(74)56(75)61-18-11-10-13-37(61)57(76)84-52(33(6)38(65)25-39(35)66)31(4)22-34-14-15-40(36(24-34)26-62)80-45(67)16-17-46(68)83-58-51(73)49(71)54(44(28-64)82-58)85-59-50(72)48(70)47(69)43(27-63)81-59/h9,20,22,30,32-38,40-44,47-54,58-59,62-65,69-73,77H,1,10-19,21,23-28H2,2-8H3/b29-20+,31-22+/t30-,32-,33-,34?,35-,36+,37?,38-,40?,41+,42?,43?,44?,47?,48?,49?,50?,51?,52-,53-,54?,58?,59?,60-/m1/s1. The zero-order valence-corrected chi connectivity index (χ0v) is 50.3. The first-order chi connectivity index (χ1) is 40.7. The van der Waals surface area contributed by atoms with Gasteiger partial charge in [-0.25, -0.2) is 4.79 Å². The van der Waals surface area contributed by atoms with Crippen molar-refractivity contribution in [3.8, 4) is 0 Å². The predicted molar refractivity (Wildman–Crippen MR) is 298 cm³/mol. The van der Waals surface area contributed by atoms with Gasteiger partial charge in [0.2, 0.25) is 12.1 Å². The van der Waals surface area contributed by atoms with Gasteiger partial charge in [0.05, 0.1) is 44.4 Å². The van der Waals surface area contributed by atoms with Crippen molar-refractivity contribution in [2.75, 3.05) is 40.6 Å². The molecule has 0 aromatic carbocycles. The molecule has 14 unspecified atom stereocenters. The van der Waals surface area contributed by atoms with Crippen molar-refractivity contribution in [3.63, 3.8) is 0 Å². The third-order valence-corrected chi connectivity index (χ3v) is 18.0. The molecule has 5 fully saturated rings. The van der Waals surface area contributed by atoms with E-state index in [4.69, 9.17) is 42.6 Å². The highest BCUT2D eigenvalue weighted by atomic mass is 16.7. The van der Waals surface area contributed by atoms with Crippen LogP contribution in [0.1, 0.15) is 118 Å². The fourth-order valence-corrected chi connectivity index (χ4v) is 12.9. The van der Waals surface area contributed by atoms with Crippen LogP contribution in [0.5, 0.6) is 0 Å². The molecule has 6 rings (SSSR count). The van der Waals surface area contributed by atoms with E-state index in [1.807, 2.05) is 26.0 Å². The number of methoxy groups -OCH3 is 2. The fraction of sp³-hybridized carbons (Fsp3) is 0.800. The molecule has 0 radical (unpaired) electrons. The summed E-state index contributed by atoms with van der Waals surface area (Å²) >= 11 is 0. The molecule has 1 aliphatic carbocycles. The number of nitrogens with zero attached hydrogens (tertiary/aromatic N) is 1. The van der Waals surface area contributed by atoms with Gasteiger partial charge in [0.1, 0.15) is 79.0 Å². The molecule has 26 nitrogen and oxygen atoms in total. The molecule has 5 heterocycles. The largest absolute Gasteiger partial charge is 0.462 e. The monoisotopic (exact) mass is 1230 g/mol. The summed E-state index contributed by atoms with van der Waals surface area (Å²) in [6.07, 6.45) is -16.2. The first-order valence-electron chi connectivity index (χ1n) is 30.0. The maximum absolute atomic E-state index is 14.6. The number of cyclic esters (lactones) is 1. The number of fused-ring (bicyclic) bond motifs is 3. The highest BCUT2D eigenvalue weighted by molar-refractivity contribution is 6.39. The lowest BCUT2D eigenvalue weighted by Gasteiger charge is -2.47. The number of carbonyl (C=O) groups excluding carboxylic acids is 6.